The summed E-state index contributed by atoms with van der Waals surface area (Å²) >= 11 is 0. The summed E-state index contributed by atoms with van der Waals surface area (Å²) in [4.78, 5) is 0. The van der Waals surface area contributed by atoms with E-state index in [1.54, 1.807) is 0 Å². The van der Waals surface area contributed by atoms with E-state index >= 15 is 0 Å². The summed E-state index contributed by atoms with van der Waals surface area (Å²) in [5.41, 5.74) is 0.498. The summed E-state index contributed by atoms with van der Waals surface area (Å²) in [6.07, 6.45) is 8.38. The van der Waals surface area contributed by atoms with Crippen LogP contribution in [0.2, 0.25) is 0 Å². The van der Waals surface area contributed by atoms with Crippen LogP contribution in [0.1, 0.15) is 66.2 Å². The van der Waals surface area contributed by atoms with E-state index in [0.29, 0.717) is 17.6 Å². The fourth-order valence-electron chi connectivity index (χ4n) is 3.61. The molecule has 18 heavy (non-hydrogen) atoms. The van der Waals surface area contributed by atoms with Gasteiger partial charge in [-0.3, -0.25) is 0 Å². The van der Waals surface area contributed by atoms with Gasteiger partial charge in [0, 0.05) is 18.7 Å². The highest BCUT2D eigenvalue weighted by atomic mass is 16.5. The van der Waals surface area contributed by atoms with Crippen LogP contribution in [0, 0.1) is 11.3 Å². The summed E-state index contributed by atoms with van der Waals surface area (Å²) in [6.45, 7) is 10.3. The summed E-state index contributed by atoms with van der Waals surface area (Å²) in [5.74, 6) is 0.921. The minimum absolute atomic E-state index is 0.446. The third-order valence-electron chi connectivity index (χ3n) is 4.91. The van der Waals surface area contributed by atoms with Crippen molar-refractivity contribution in [2.45, 2.75) is 84.4 Å². The van der Waals surface area contributed by atoms with Crippen molar-refractivity contribution >= 4 is 0 Å². The zero-order valence-corrected chi connectivity index (χ0v) is 12.7. The molecule has 0 aromatic carbocycles. The van der Waals surface area contributed by atoms with Crippen molar-refractivity contribution in [3.8, 4) is 0 Å². The van der Waals surface area contributed by atoms with E-state index in [4.69, 9.17) is 4.74 Å². The first kappa shape index (κ1) is 14.3. The lowest BCUT2D eigenvalue weighted by Gasteiger charge is -2.39. The van der Waals surface area contributed by atoms with Gasteiger partial charge in [0.15, 0.2) is 0 Å². The maximum Gasteiger partial charge on any atom is 0.0561 e. The molecule has 0 amide bonds. The van der Waals surface area contributed by atoms with Crippen LogP contribution < -0.4 is 5.32 Å². The van der Waals surface area contributed by atoms with Crippen molar-refractivity contribution in [1.29, 1.82) is 0 Å². The van der Waals surface area contributed by atoms with Gasteiger partial charge in [0.2, 0.25) is 0 Å². The van der Waals surface area contributed by atoms with Gasteiger partial charge in [-0.25, -0.2) is 0 Å². The number of hydrogen-bond acceptors (Lipinski definition) is 2. The highest BCUT2D eigenvalue weighted by Gasteiger charge is 2.31. The summed E-state index contributed by atoms with van der Waals surface area (Å²) in [6, 6.07) is 1.46. The molecule has 0 spiro atoms. The standard InChI is InChI=1S/C16H31NO/c1-12-11-15(9-10-18-12)17-14-7-5-13(6-8-14)16(2,3)4/h12-15,17H,5-11H2,1-4H3. The van der Waals surface area contributed by atoms with Gasteiger partial charge in [-0.15, -0.1) is 0 Å². The summed E-state index contributed by atoms with van der Waals surface area (Å²) in [7, 11) is 0. The molecular weight excluding hydrogens is 222 g/mol. The minimum Gasteiger partial charge on any atom is -0.378 e. The summed E-state index contributed by atoms with van der Waals surface area (Å²) in [5, 5.41) is 3.88. The van der Waals surface area contributed by atoms with Gasteiger partial charge in [0.1, 0.15) is 0 Å². The molecule has 0 aromatic rings. The van der Waals surface area contributed by atoms with Crippen molar-refractivity contribution in [3.05, 3.63) is 0 Å². The molecule has 1 heterocycles. The molecule has 2 fully saturated rings. The highest BCUT2D eigenvalue weighted by molar-refractivity contribution is 4.86. The molecule has 0 bridgehead atoms. The van der Waals surface area contributed by atoms with Gasteiger partial charge >= 0.3 is 0 Å². The molecule has 2 nitrogen and oxygen atoms in total. The normalized spacial score (nSPS) is 38.7. The predicted molar refractivity (Wildman–Crippen MR) is 76.8 cm³/mol. The molecule has 2 heteroatoms. The van der Waals surface area contributed by atoms with Gasteiger partial charge < -0.3 is 10.1 Å². The van der Waals surface area contributed by atoms with Crippen molar-refractivity contribution in [3.63, 3.8) is 0 Å². The lowest BCUT2D eigenvalue weighted by atomic mass is 9.71. The van der Waals surface area contributed by atoms with Crippen molar-refractivity contribution in [1.82, 2.24) is 5.32 Å². The van der Waals surface area contributed by atoms with E-state index in [1.165, 1.54) is 38.5 Å². The molecule has 1 aliphatic carbocycles. The van der Waals surface area contributed by atoms with Gasteiger partial charge in [-0.2, -0.15) is 0 Å². The average molecular weight is 253 g/mol. The topological polar surface area (TPSA) is 21.3 Å². The molecule has 1 aliphatic heterocycles. The van der Waals surface area contributed by atoms with Crippen molar-refractivity contribution in [2.24, 2.45) is 11.3 Å². The Morgan fingerprint density at radius 1 is 0.944 bits per heavy atom. The highest BCUT2D eigenvalue weighted by Crippen LogP contribution is 2.38. The molecule has 1 saturated heterocycles. The molecule has 0 radical (unpaired) electrons. The van der Waals surface area contributed by atoms with Crippen molar-refractivity contribution in [2.75, 3.05) is 6.61 Å². The van der Waals surface area contributed by atoms with Crippen LogP contribution in [0.25, 0.3) is 0 Å². The largest absolute Gasteiger partial charge is 0.378 e. The molecule has 2 aliphatic rings. The van der Waals surface area contributed by atoms with Gasteiger partial charge in [-0.1, -0.05) is 20.8 Å². The van der Waals surface area contributed by atoms with Gasteiger partial charge in [0.05, 0.1) is 6.10 Å². The quantitative estimate of drug-likeness (QED) is 0.809. The maximum absolute atomic E-state index is 5.62. The molecule has 2 atom stereocenters. The lowest BCUT2D eigenvalue weighted by molar-refractivity contribution is 0.00923. The van der Waals surface area contributed by atoms with E-state index in [2.05, 4.69) is 33.0 Å². The Morgan fingerprint density at radius 2 is 1.61 bits per heavy atom. The molecule has 106 valence electrons. The summed E-state index contributed by atoms with van der Waals surface area (Å²) < 4.78 is 5.62. The third-order valence-corrected chi connectivity index (χ3v) is 4.91. The first-order chi connectivity index (χ1) is 8.45. The second-order valence-corrected chi connectivity index (χ2v) is 7.48. The van der Waals surface area contributed by atoms with E-state index in [-0.39, 0.29) is 0 Å². The molecule has 1 N–H and O–H groups in total. The maximum atomic E-state index is 5.62. The Morgan fingerprint density at radius 3 is 2.17 bits per heavy atom. The SMILES string of the molecule is CC1CC(NC2CCC(C(C)(C)C)CC2)CCO1. The lowest BCUT2D eigenvalue weighted by Crippen LogP contribution is -2.45. The zero-order chi connectivity index (χ0) is 13.2. The van der Waals surface area contributed by atoms with Crippen LogP contribution in [0.15, 0.2) is 0 Å². The van der Waals surface area contributed by atoms with Gasteiger partial charge in [0.25, 0.3) is 0 Å². The average Bonchev–Trinajstić information content (AvgIpc) is 2.28. The molecule has 2 rings (SSSR count). The first-order valence-corrected chi connectivity index (χ1v) is 7.83. The molecule has 1 saturated carbocycles. The first-order valence-electron chi connectivity index (χ1n) is 7.83. The number of hydrogen-bond donors (Lipinski definition) is 1. The number of rotatable bonds is 2. The van der Waals surface area contributed by atoms with Crippen LogP contribution in [0.5, 0.6) is 0 Å². The van der Waals surface area contributed by atoms with Crippen LogP contribution in [0.3, 0.4) is 0 Å². The van der Waals surface area contributed by atoms with Crippen LogP contribution in [-0.2, 0) is 4.74 Å². The minimum atomic E-state index is 0.446. The fraction of sp³-hybridized carbons (Fsp3) is 1.00. The second-order valence-electron chi connectivity index (χ2n) is 7.48. The molecule has 2 unspecified atom stereocenters. The number of nitrogens with one attached hydrogen (secondary N) is 1. The van der Waals surface area contributed by atoms with Gasteiger partial charge in [-0.05, 0) is 56.8 Å². The van der Waals surface area contributed by atoms with E-state index in [1.807, 2.05) is 0 Å². The monoisotopic (exact) mass is 253 g/mol. The van der Waals surface area contributed by atoms with Crippen LogP contribution in [-0.4, -0.2) is 24.8 Å². The Hall–Kier alpha value is -0.0800. The Bertz CT molecular complexity index is 250. The second kappa shape index (κ2) is 5.92. The smallest absolute Gasteiger partial charge is 0.0561 e. The van der Waals surface area contributed by atoms with Crippen LogP contribution >= 0.6 is 0 Å². The van der Waals surface area contributed by atoms with Crippen molar-refractivity contribution < 1.29 is 4.74 Å². The van der Waals surface area contributed by atoms with E-state index in [0.717, 1.165) is 18.6 Å². The zero-order valence-electron chi connectivity index (χ0n) is 12.7. The number of ether oxygens (including phenoxy) is 1. The third kappa shape index (κ3) is 3.96. The Kier molecular flexibility index (Phi) is 4.71. The fourth-order valence-corrected chi connectivity index (χ4v) is 3.61. The Balaban J connectivity index is 1.73. The van der Waals surface area contributed by atoms with E-state index in [9.17, 15) is 0 Å². The molecular formula is C16H31NO. The Labute approximate surface area is 113 Å². The predicted octanol–water partition coefficient (Wildman–Crippen LogP) is 3.75. The van der Waals surface area contributed by atoms with E-state index < -0.39 is 0 Å². The molecule has 0 aromatic heterocycles. The van der Waals surface area contributed by atoms with Crippen LogP contribution in [0.4, 0.5) is 0 Å².